The van der Waals surface area contributed by atoms with Crippen molar-refractivity contribution in [1.82, 2.24) is 4.90 Å². The fourth-order valence-corrected chi connectivity index (χ4v) is 6.66. The predicted octanol–water partition coefficient (Wildman–Crippen LogP) is 11.5. The summed E-state index contributed by atoms with van der Waals surface area (Å²) >= 11 is 0. The molecule has 1 N–H and O–H groups in total. The van der Waals surface area contributed by atoms with Gasteiger partial charge in [0.25, 0.3) is 0 Å². The molecule has 10 heteroatoms. The van der Waals surface area contributed by atoms with Crippen molar-refractivity contribution in [1.29, 1.82) is 0 Å². The van der Waals surface area contributed by atoms with Crippen LogP contribution in [0.25, 0.3) is 0 Å². The highest BCUT2D eigenvalue weighted by Crippen LogP contribution is 2.43. The number of ether oxygens (including phenoxy) is 2. The van der Waals surface area contributed by atoms with Gasteiger partial charge in [-0.25, -0.2) is 4.57 Å². The van der Waals surface area contributed by atoms with Crippen LogP contribution in [-0.4, -0.2) is 68.3 Å². The van der Waals surface area contributed by atoms with Crippen molar-refractivity contribution < 1.29 is 37.6 Å². The van der Waals surface area contributed by atoms with Crippen molar-refractivity contribution in [2.45, 2.75) is 206 Å². The molecule has 298 valence electrons. The molecule has 2 atom stereocenters. The van der Waals surface area contributed by atoms with Crippen LogP contribution in [0.2, 0.25) is 0 Å². The quantitative estimate of drug-likeness (QED) is 0.0375. The van der Waals surface area contributed by atoms with E-state index in [9.17, 15) is 19.0 Å². The Kier molecular flexibility index (Phi) is 35.7. The molecule has 0 aromatic carbocycles. The van der Waals surface area contributed by atoms with E-state index in [2.05, 4.69) is 13.8 Å². The molecule has 0 bridgehead atoms. The van der Waals surface area contributed by atoms with Crippen LogP contribution < -0.4 is 0 Å². The Morgan fingerprint density at radius 3 is 1.28 bits per heavy atom. The molecule has 0 aromatic rings. The summed E-state index contributed by atoms with van der Waals surface area (Å²) in [6.07, 6.45) is 32.8. The van der Waals surface area contributed by atoms with Gasteiger partial charge >= 0.3 is 19.8 Å². The van der Waals surface area contributed by atoms with E-state index in [0.29, 0.717) is 19.4 Å². The Morgan fingerprint density at radius 2 is 0.900 bits per heavy atom. The van der Waals surface area contributed by atoms with Crippen LogP contribution >= 0.6 is 7.82 Å². The molecule has 0 aliphatic carbocycles. The topological polar surface area (TPSA) is 112 Å². The van der Waals surface area contributed by atoms with Crippen LogP contribution in [-0.2, 0) is 32.7 Å². The third kappa shape index (κ3) is 36.8. The summed E-state index contributed by atoms with van der Waals surface area (Å²) in [6, 6.07) is 0. The maximum atomic E-state index is 12.6. The number of carbonyl (C=O) groups is 2. The first-order valence-corrected chi connectivity index (χ1v) is 22.3. The number of rotatable bonds is 39. The van der Waals surface area contributed by atoms with Crippen molar-refractivity contribution in [3.05, 3.63) is 0 Å². The summed E-state index contributed by atoms with van der Waals surface area (Å²) in [5.74, 6) is -0.790. The molecule has 0 radical (unpaired) electrons. The second-order valence-electron chi connectivity index (χ2n) is 14.5. The lowest BCUT2D eigenvalue weighted by Crippen LogP contribution is -2.29. The van der Waals surface area contributed by atoms with Crippen molar-refractivity contribution in [2.24, 2.45) is 0 Å². The molecular formula is C40H80NO8P. The van der Waals surface area contributed by atoms with Gasteiger partial charge in [0, 0.05) is 19.4 Å². The minimum atomic E-state index is -4.35. The van der Waals surface area contributed by atoms with Gasteiger partial charge in [0.15, 0.2) is 6.10 Å². The summed E-state index contributed by atoms with van der Waals surface area (Å²) in [4.78, 5) is 36.9. The number of likely N-dealkylation sites (N-methyl/N-ethyl adjacent to an activating group) is 1. The van der Waals surface area contributed by atoms with Gasteiger partial charge in [-0.15, -0.1) is 0 Å². The zero-order chi connectivity index (χ0) is 37.0. The number of hydrogen-bond acceptors (Lipinski definition) is 8. The third-order valence-corrected chi connectivity index (χ3v) is 10.1. The Balaban J connectivity index is 4.26. The van der Waals surface area contributed by atoms with E-state index in [-0.39, 0.29) is 25.6 Å². The van der Waals surface area contributed by atoms with E-state index in [1.807, 2.05) is 19.0 Å². The van der Waals surface area contributed by atoms with Crippen LogP contribution in [0.15, 0.2) is 0 Å². The molecule has 9 nitrogen and oxygen atoms in total. The van der Waals surface area contributed by atoms with Crippen molar-refractivity contribution in [2.75, 3.05) is 40.5 Å². The molecule has 0 saturated carbocycles. The highest BCUT2D eigenvalue weighted by atomic mass is 31.2. The van der Waals surface area contributed by atoms with Crippen LogP contribution in [0.5, 0.6) is 0 Å². The van der Waals surface area contributed by atoms with Crippen LogP contribution in [0.1, 0.15) is 200 Å². The van der Waals surface area contributed by atoms with Gasteiger partial charge in [0.2, 0.25) is 0 Å². The fraction of sp³-hybridized carbons (Fsp3) is 0.950. The number of nitrogens with zero attached hydrogens (tertiary/aromatic N) is 1. The standard InChI is InChI=1S/C40H80NO8P/c1-5-7-9-11-13-15-17-19-20-21-23-24-26-28-30-32-39(42)46-36-38(37-48-50(44,45)47-35-34-41(3)4)49-40(43)33-31-29-27-25-22-18-16-14-12-10-8-6-2/h38H,5-37H2,1-4H3,(H,44,45). The maximum Gasteiger partial charge on any atom is 0.472 e. The normalized spacial score (nSPS) is 13.4. The Morgan fingerprint density at radius 1 is 0.540 bits per heavy atom. The zero-order valence-corrected chi connectivity index (χ0v) is 34.0. The van der Waals surface area contributed by atoms with Crippen LogP contribution in [0.3, 0.4) is 0 Å². The van der Waals surface area contributed by atoms with Crippen LogP contribution in [0.4, 0.5) is 0 Å². The summed E-state index contributed by atoms with van der Waals surface area (Å²) in [5.41, 5.74) is 0. The van der Waals surface area contributed by atoms with Gasteiger partial charge in [-0.2, -0.15) is 0 Å². The largest absolute Gasteiger partial charge is 0.472 e. The molecule has 50 heavy (non-hydrogen) atoms. The van der Waals surface area contributed by atoms with Crippen LogP contribution in [0, 0.1) is 0 Å². The highest BCUT2D eigenvalue weighted by Gasteiger charge is 2.26. The monoisotopic (exact) mass is 734 g/mol. The van der Waals surface area contributed by atoms with Gasteiger partial charge in [-0.05, 0) is 26.9 Å². The maximum absolute atomic E-state index is 12.6. The number of phosphoric acid groups is 1. The van der Waals surface area contributed by atoms with E-state index in [1.54, 1.807) is 0 Å². The number of esters is 2. The summed E-state index contributed by atoms with van der Waals surface area (Å²) in [5, 5.41) is 0. The molecule has 0 fully saturated rings. The lowest BCUT2D eigenvalue weighted by molar-refractivity contribution is -0.161. The molecule has 0 spiro atoms. The average molecular weight is 734 g/mol. The van der Waals surface area contributed by atoms with Crippen molar-refractivity contribution >= 4 is 19.8 Å². The molecule has 2 unspecified atom stereocenters. The fourth-order valence-electron chi connectivity index (χ4n) is 5.92. The van der Waals surface area contributed by atoms with Gasteiger partial charge in [-0.3, -0.25) is 18.6 Å². The van der Waals surface area contributed by atoms with E-state index < -0.39 is 26.5 Å². The number of unbranched alkanes of at least 4 members (excludes halogenated alkanes) is 25. The Bertz CT molecular complexity index is 812. The minimum Gasteiger partial charge on any atom is -0.462 e. The summed E-state index contributed by atoms with van der Waals surface area (Å²) in [7, 11) is -0.697. The zero-order valence-electron chi connectivity index (χ0n) is 33.1. The van der Waals surface area contributed by atoms with E-state index in [0.717, 1.165) is 32.1 Å². The molecular weight excluding hydrogens is 653 g/mol. The smallest absolute Gasteiger partial charge is 0.462 e. The first-order valence-electron chi connectivity index (χ1n) is 20.8. The second kappa shape index (κ2) is 36.4. The summed E-state index contributed by atoms with van der Waals surface area (Å²) < 4.78 is 33.4. The van der Waals surface area contributed by atoms with Gasteiger partial charge in [0.05, 0.1) is 13.2 Å². The van der Waals surface area contributed by atoms with Crippen molar-refractivity contribution in [3.63, 3.8) is 0 Å². The third-order valence-electron chi connectivity index (χ3n) is 9.16. The van der Waals surface area contributed by atoms with Gasteiger partial charge < -0.3 is 19.3 Å². The van der Waals surface area contributed by atoms with E-state index in [4.69, 9.17) is 18.5 Å². The van der Waals surface area contributed by atoms with E-state index in [1.165, 1.54) is 135 Å². The lowest BCUT2D eigenvalue weighted by Gasteiger charge is -2.20. The molecule has 0 aliphatic rings. The molecule has 0 aliphatic heterocycles. The number of carbonyl (C=O) groups excluding carboxylic acids is 2. The Hall–Kier alpha value is -0.990. The van der Waals surface area contributed by atoms with Crippen molar-refractivity contribution in [3.8, 4) is 0 Å². The molecule has 0 rings (SSSR count). The SMILES string of the molecule is CCCCCCCCCCCCCCCCCC(=O)OCC(COP(=O)(O)OCCN(C)C)OC(=O)CCCCCCCCCCCCCC. The van der Waals surface area contributed by atoms with E-state index >= 15 is 0 Å². The molecule has 0 aromatic heterocycles. The van der Waals surface area contributed by atoms with Gasteiger partial charge in [0.1, 0.15) is 6.61 Å². The molecule has 0 heterocycles. The predicted molar refractivity (Wildman–Crippen MR) is 206 cm³/mol. The minimum absolute atomic E-state index is 0.0123. The molecule has 0 amide bonds. The summed E-state index contributed by atoms with van der Waals surface area (Å²) in [6.45, 7) is 4.34. The number of phosphoric ester groups is 1. The molecule has 0 saturated heterocycles. The average Bonchev–Trinajstić information content (AvgIpc) is 3.08. The first kappa shape index (κ1) is 49.0. The highest BCUT2D eigenvalue weighted by molar-refractivity contribution is 7.47. The number of hydrogen-bond donors (Lipinski definition) is 1. The lowest BCUT2D eigenvalue weighted by atomic mass is 10.0. The van der Waals surface area contributed by atoms with Gasteiger partial charge in [-0.1, -0.05) is 174 Å². The second-order valence-corrected chi connectivity index (χ2v) is 16.0. The first-order chi connectivity index (χ1) is 24.2. The Labute approximate surface area is 308 Å².